The molecule has 0 aliphatic heterocycles. The molecule has 4 heteroatoms. The van der Waals surface area contributed by atoms with Crippen molar-refractivity contribution in [3.05, 3.63) is 83.8 Å². The number of aromatic nitrogens is 2. The van der Waals surface area contributed by atoms with Gasteiger partial charge in [-0.1, -0.05) is 43.3 Å². The first-order valence-corrected chi connectivity index (χ1v) is 8.63. The third-order valence-corrected chi connectivity index (χ3v) is 4.41. The summed E-state index contributed by atoms with van der Waals surface area (Å²) in [5.74, 6) is 1.76. The van der Waals surface area contributed by atoms with Gasteiger partial charge >= 0.3 is 0 Å². The van der Waals surface area contributed by atoms with E-state index in [9.17, 15) is 0 Å². The van der Waals surface area contributed by atoms with Crippen molar-refractivity contribution in [2.75, 3.05) is 5.32 Å². The summed E-state index contributed by atoms with van der Waals surface area (Å²) in [4.78, 5) is 4.79. The molecule has 0 spiro atoms. The van der Waals surface area contributed by atoms with Gasteiger partial charge in [0, 0.05) is 0 Å². The molecule has 2 aromatic carbocycles. The maximum absolute atomic E-state index is 5.42. The lowest BCUT2D eigenvalue weighted by molar-refractivity contribution is 0.517. The summed E-state index contributed by atoms with van der Waals surface area (Å²) in [7, 11) is 0. The molecule has 0 radical (unpaired) electrons. The van der Waals surface area contributed by atoms with Crippen LogP contribution in [0.5, 0.6) is 0 Å². The van der Waals surface area contributed by atoms with E-state index in [1.165, 1.54) is 11.1 Å². The largest absolute Gasteiger partial charge is 0.467 e. The van der Waals surface area contributed by atoms with Gasteiger partial charge in [-0.3, -0.25) is 0 Å². The number of nitrogens with zero attached hydrogens (tertiary/aromatic N) is 2. The summed E-state index contributed by atoms with van der Waals surface area (Å²) in [6.07, 6.45) is 2.71. The van der Waals surface area contributed by atoms with Crippen molar-refractivity contribution in [1.82, 2.24) is 9.55 Å². The smallest absolute Gasteiger partial charge is 0.204 e. The van der Waals surface area contributed by atoms with Gasteiger partial charge in [0.25, 0.3) is 0 Å². The number of hydrogen-bond acceptors (Lipinski definition) is 3. The van der Waals surface area contributed by atoms with E-state index in [2.05, 4.69) is 59.3 Å². The van der Waals surface area contributed by atoms with Crippen molar-refractivity contribution in [2.45, 2.75) is 26.4 Å². The van der Waals surface area contributed by atoms with Crippen LogP contribution in [0.2, 0.25) is 0 Å². The number of hydrogen-bond donors (Lipinski definition) is 1. The molecule has 4 aromatic rings. The van der Waals surface area contributed by atoms with E-state index in [4.69, 9.17) is 9.40 Å². The van der Waals surface area contributed by atoms with Gasteiger partial charge in [0.05, 0.1) is 30.4 Å². The minimum absolute atomic E-state index is 0.617. The third kappa shape index (κ3) is 3.29. The number of aryl methyl sites for hydroxylation is 1. The van der Waals surface area contributed by atoms with E-state index >= 15 is 0 Å². The van der Waals surface area contributed by atoms with Gasteiger partial charge in [0.15, 0.2) is 0 Å². The van der Waals surface area contributed by atoms with Gasteiger partial charge in [-0.15, -0.1) is 0 Å². The summed E-state index contributed by atoms with van der Waals surface area (Å²) in [6, 6.07) is 20.8. The predicted molar refractivity (Wildman–Crippen MR) is 101 cm³/mol. The van der Waals surface area contributed by atoms with Gasteiger partial charge in [0.2, 0.25) is 5.95 Å². The normalized spacial score (nSPS) is 11.1. The van der Waals surface area contributed by atoms with Crippen molar-refractivity contribution in [3.8, 4) is 0 Å². The van der Waals surface area contributed by atoms with Gasteiger partial charge < -0.3 is 14.3 Å². The molecule has 0 aliphatic rings. The van der Waals surface area contributed by atoms with Gasteiger partial charge in [0.1, 0.15) is 5.76 Å². The first-order valence-electron chi connectivity index (χ1n) is 8.63. The topological polar surface area (TPSA) is 43.0 Å². The lowest BCUT2D eigenvalue weighted by Gasteiger charge is -2.11. The van der Waals surface area contributed by atoms with E-state index in [0.717, 1.165) is 35.7 Å². The standard InChI is InChI=1S/C21H21N3O/c1-2-16-10-11-19-20(13-16)24(15-17-7-4-3-5-8-17)21(23-19)22-14-18-9-6-12-25-18/h3-13H,2,14-15H2,1H3,(H,22,23). The second-order valence-corrected chi connectivity index (χ2v) is 6.12. The fourth-order valence-electron chi connectivity index (χ4n) is 3.03. The van der Waals surface area contributed by atoms with Crippen LogP contribution in [0.1, 0.15) is 23.8 Å². The quantitative estimate of drug-likeness (QED) is 0.549. The highest BCUT2D eigenvalue weighted by molar-refractivity contribution is 5.79. The number of fused-ring (bicyclic) bond motifs is 1. The van der Waals surface area contributed by atoms with Crippen LogP contribution >= 0.6 is 0 Å². The average molecular weight is 331 g/mol. The second kappa shape index (κ2) is 6.85. The number of anilines is 1. The summed E-state index contributed by atoms with van der Waals surface area (Å²) in [5, 5.41) is 3.42. The predicted octanol–water partition coefficient (Wildman–Crippen LogP) is 4.85. The van der Waals surface area contributed by atoms with Crippen LogP contribution < -0.4 is 5.32 Å². The Balaban J connectivity index is 1.73. The Kier molecular flexibility index (Phi) is 4.25. The fourth-order valence-corrected chi connectivity index (χ4v) is 3.03. The summed E-state index contributed by atoms with van der Waals surface area (Å²) < 4.78 is 7.67. The van der Waals surface area contributed by atoms with Gasteiger partial charge in [-0.25, -0.2) is 4.98 Å². The molecule has 25 heavy (non-hydrogen) atoms. The number of imidazole rings is 1. The van der Waals surface area contributed by atoms with Crippen LogP contribution in [-0.4, -0.2) is 9.55 Å². The Hall–Kier alpha value is -3.01. The summed E-state index contributed by atoms with van der Waals surface area (Å²) >= 11 is 0. The molecule has 0 fully saturated rings. The first kappa shape index (κ1) is 15.5. The fraction of sp³-hybridized carbons (Fsp3) is 0.190. The molecule has 0 saturated heterocycles. The van der Waals surface area contributed by atoms with Crippen LogP contribution in [0.4, 0.5) is 5.95 Å². The lowest BCUT2D eigenvalue weighted by atomic mass is 10.1. The SMILES string of the molecule is CCc1ccc2nc(NCc3ccco3)n(Cc3ccccc3)c2c1. The highest BCUT2D eigenvalue weighted by Gasteiger charge is 2.12. The Morgan fingerprint density at radius 3 is 2.64 bits per heavy atom. The molecular formula is C21H21N3O. The summed E-state index contributed by atoms with van der Waals surface area (Å²) in [6.45, 7) is 3.58. The molecule has 0 saturated carbocycles. The Morgan fingerprint density at radius 1 is 1.00 bits per heavy atom. The van der Waals surface area contributed by atoms with Crippen LogP contribution in [-0.2, 0) is 19.5 Å². The zero-order valence-corrected chi connectivity index (χ0v) is 14.3. The zero-order chi connectivity index (χ0) is 17.1. The molecule has 0 aliphatic carbocycles. The van der Waals surface area contributed by atoms with Crippen molar-refractivity contribution >= 4 is 17.0 Å². The van der Waals surface area contributed by atoms with Crippen molar-refractivity contribution < 1.29 is 4.42 Å². The van der Waals surface area contributed by atoms with Crippen LogP contribution in [0.15, 0.2) is 71.3 Å². The molecule has 4 rings (SSSR count). The van der Waals surface area contributed by atoms with E-state index in [1.807, 2.05) is 18.2 Å². The maximum Gasteiger partial charge on any atom is 0.204 e. The molecule has 4 nitrogen and oxygen atoms in total. The molecule has 0 bridgehead atoms. The van der Waals surface area contributed by atoms with E-state index in [1.54, 1.807) is 6.26 Å². The number of nitrogens with one attached hydrogen (secondary N) is 1. The Morgan fingerprint density at radius 2 is 1.88 bits per heavy atom. The Labute approximate surface area is 147 Å². The van der Waals surface area contributed by atoms with E-state index < -0.39 is 0 Å². The van der Waals surface area contributed by atoms with Crippen molar-refractivity contribution in [1.29, 1.82) is 0 Å². The molecule has 0 unspecified atom stereocenters. The first-order chi connectivity index (χ1) is 12.3. The molecule has 126 valence electrons. The Bertz CT molecular complexity index is 956. The molecule has 0 amide bonds. The van der Waals surface area contributed by atoms with Crippen LogP contribution in [0, 0.1) is 0 Å². The third-order valence-electron chi connectivity index (χ3n) is 4.41. The lowest BCUT2D eigenvalue weighted by Crippen LogP contribution is -2.08. The van der Waals surface area contributed by atoms with E-state index in [-0.39, 0.29) is 0 Å². The zero-order valence-electron chi connectivity index (χ0n) is 14.3. The van der Waals surface area contributed by atoms with Crippen molar-refractivity contribution in [2.24, 2.45) is 0 Å². The maximum atomic E-state index is 5.42. The van der Waals surface area contributed by atoms with Crippen LogP contribution in [0.25, 0.3) is 11.0 Å². The molecule has 0 atom stereocenters. The highest BCUT2D eigenvalue weighted by Crippen LogP contribution is 2.23. The highest BCUT2D eigenvalue weighted by atomic mass is 16.3. The van der Waals surface area contributed by atoms with E-state index in [0.29, 0.717) is 6.54 Å². The molecule has 1 N–H and O–H groups in total. The monoisotopic (exact) mass is 331 g/mol. The second-order valence-electron chi connectivity index (χ2n) is 6.12. The average Bonchev–Trinajstić information content (AvgIpc) is 3.29. The van der Waals surface area contributed by atoms with Crippen molar-refractivity contribution in [3.63, 3.8) is 0 Å². The number of rotatable bonds is 6. The summed E-state index contributed by atoms with van der Waals surface area (Å²) in [5.41, 5.74) is 4.74. The van der Waals surface area contributed by atoms with Gasteiger partial charge in [-0.05, 0) is 41.8 Å². The minimum Gasteiger partial charge on any atom is -0.467 e. The number of furan rings is 1. The van der Waals surface area contributed by atoms with Gasteiger partial charge in [-0.2, -0.15) is 0 Å². The molecule has 2 aromatic heterocycles. The van der Waals surface area contributed by atoms with Crippen LogP contribution in [0.3, 0.4) is 0 Å². The minimum atomic E-state index is 0.617. The number of benzene rings is 2. The molecular weight excluding hydrogens is 310 g/mol. The molecule has 2 heterocycles.